The van der Waals surface area contributed by atoms with Crippen LogP contribution in [0.1, 0.15) is 65.2 Å². The minimum absolute atomic E-state index is 0.0235. The number of nitrogens with one attached hydrogen (secondary N) is 2. The summed E-state index contributed by atoms with van der Waals surface area (Å²) in [4.78, 5) is 34.0. The Morgan fingerprint density at radius 2 is 1.97 bits per heavy atom. The smallest absolute Gasteiger partial charge is 0.229 e. The van der Waals surface area contributed by atoms with Gasteiger partial charge in [0.25, 0.3) is 0 Å². The monoisotopic (exact) mass is 499 g/mol. The highest BCUT2D eigenvalue weighted by molar-refractivity contribution is 6.30. The van der Waals surface area contributed by atoms with E-state index in [0.717, 1.165) is 23.4 Å². The molecule has 36 heavy (non-hydrogen) atoms. The number of aromatic nitrogens is 3. The first-order valence-corrected chi connectivity index (χ1v) is 12.6. The van der Waals surface area contributed by atoms with Crippen molar-refractivity contribution in [2.45, 2.75) is 44.6 Å². The van der Waals surface area contributed by atoms with Crippen molar-refractivity contribution in [1.82, 2.24) is 14.4 Å². The Kier molecular flexibility index (Phi) is 5.72. The van der Waals surface area contributed by atoms with Gasteiger partial charge in [0.15, 0.2) is 5.78 Å². The number of benzene rings is 1. The van der Waals surface area contributed by atoms with Gasteiger partial charge in [-0.05, 0) is 73.4 Å². The molecule has 2 saturated carbocycles. The van der Waals surface area contributed by atoms with Gasteiger partial charge in [0, 0.05) is 41.3 Å². The molecule has 182 valence electrons. The highest BCUT2D eigenvalue weighted by atomic mass is 35.5. The fraction of sp³-hybridized carbons (Fsp3) is 0.286. The van der Waals surface area contributed by atoms with E-state index in [0.29, 0.717) is 34.5 Å². The van der Waals surface area contributed by atoms with E-state index in [4.69, 9.17) is 16.6 Å². The predicted molar refractivity (Wildman–Crippen MR) is 140 cm³/mol. The molecule has 4 aromatic rings. The maximum atomic E-state index is 12.8. The average molecular weight is 500 g/mol. The third kappa shape index (κ3) is 4.71. The number of anilines is 2. The van der Waals surface area contributed by atoms with Crippen LogP contribution in [-0.2, 0) is 11.3 Å². The summed E-state index contributed by atoms with van der Waals surface area (Å²) in [6.07, 6.45) is 8.88. The molecule has 2 N–H and O–H groups in total. The lowest BCUT2D eigenvalue weighted by molar-refractivity contribution is -0.117. The van der Waals surface area contributed by atoms with Crippen LogP contribution in [0.3, 0.4) is 0 Å². The molecule has 0 saturated heterocycles. The third-order valence-corrected chi connectivity index (χ3v) is 7.17. The summed E-state index contributed by atoms with van der Waals surface area (Å²) in [6.45, 7) is 2.07. The molecule has 2 aliphatic rings. The zero-order chi connectivity index (χ0) is 24.8. The number of ketones is 1. The second-order valence-electron chi connectivity index (χ2n) is 9.76. The molecular formula is C28H26ClN5O2. The van der Waals surface area contributed by atoms with Crippen LogP contribution in [0, 0.1) is 5.92 Å². The van der Waals surface area contributed by atoms with Gasteiger partial charge in [-0.3, -0.25) is 9.59 Å². The lowest BCUT2D eigenvalue weighted by Gasteiger charge is -2.08. The number of rotatable bonds is 8. The SMILES string of the molecule is CC(=O)c1cc(C2CC2)cn2cc(CNc3ccnc(NC(=O)[C@H]4C[C@@H]4c4cccc(Cl)c4)c3)nc12. The number of carbonyl (C=O) groups is 2. The Balaban J connectivity index is 1.11. The van der Waals surface area contributed by atoms with Gasteiger partial charge in [-0.25, -0.2) is 9.97 Å². The molecule has 1 amide bonds. The van der Waals surface area contributed by atoms with E-state index in [1.54, 1.807) is 13.1 Å². The summed E-state index contributed by atoms with van der Waals surface area (Å²) in [6, 6.07) is 13.3. The number of hydrogen-bond acceptors (Lipinski definition) is 5. The van der Waals surface area contributed by atoms with Gasteiger partial charge < -0.3 is 15.0 Å². The molecule has 0 bridgehead atoms. The summed E-state index contributed by atoms with van der Waals surface area (Å²) in [5.74, 6) is 1.17. The molecule has 8 heteroatoms. The second-order valence-corrected chi connectivity index (χ2v) is 10.2. The summed E-state index contributed by atoms with van der Waals surface area (Å²) in [5, 5.41) is 6.98. The van der Waals surface area contributed by atoms with Gasteiger partial charge in [-0.1, -0.05) is 23.7 Å². The lowest BCUT2D eigenvalue weighted by atomic mass is 10.1. The number of amides is 1. The van der Waals surface area contributed by atoms with Crippen LogP contribution in [0.15, 0.2) is 61.1 Å². The van der Waals surface area contributed by atoms with E-state index in [9.17, 15) is 9.59 Å². The van der Waals surface area contributed by atoms with Crippen molar-refractivity contribution in [1.29, 1.82) is 0 Å². The van der Waals surface area contributed by atoms with Crippen LogP contribution in [0.2, 0.25) is 5.02 Å². The van der Waals surface area contributed by atoms with Crippen LogP contribution >= 0.6 is 11.6 Å². The number of halogens is 1. The van der Waals surface area contributed by atoms with Gasteiger partial charge in [0.1, 0.15) is 11.5 Å². The molecule has 0 aliphatic heterocycles. The van der Waals surface area contributed by atoms with Crippen molar-refractivity contribution in [3.8, 4) is 0 Å². The molecule has 2 atom stereocenters. The Morgan fingerprint density at radius 1 is 1.11 bits per heavy atom. The maximum absolute atomic E-state index is 12.8. The van der Waals surface area contributed by atoms with E-state index in [2.05, 4.69) is 21.8 Å². The van der Waals surface area contributed by atoms with Crippen LogP contribution in [-0.4, -0.2) is 26.1 Å². The molecule has 0 radical (unpaired) electrons. The van der Waals surface area contributed by atoms with Gasteiger partial charge in [0.05, 0.1) is 17.8 Å². The van der Waals surface area contributed by atoms with E-state index < -0.39 is 0 Å². The van der Waals surface area contributed by atoms with E-state index in [1.807, 2.05) is 53.1 Å². The Hall–Kier alpha value is -3.71. The number of hydrogen-bond donors (Lipinski definition) is 2. The van der Waals surface area contributed by atoms with Crippen LogP contribution < -0.4 is 10.6 Å². The number of fused-ring (bicyclic) bond motifs is 1. The molecule has 1 aromatic carbocycles. The maximum Gasteiger partial charge on any atom is 0.229 e. The molecule has 7 nitrogen and oxygen atoms in total. The van der Waals surface area contributed by atoms with Crippen LogP contribution in [0.5, 0.6) is 0 Å². The lowest BCUT2D eigenvalue weighted by Crippen LogP contribution is -2.15. The highest BCUT2D eigenvalue weighted by Gasteiger charge is 2.44. The van der Waals surface area contributed by atoms with Gasteiger partial charge in [0.2, 0.25) is 5.91 Å². The Morgan fingerprint density at radius 3 is 2.75 bits per heavy atom. The molecule has 2 aliphatic carbocycles. The normalized spacial score (nSPS) is 18.7. The standard InChI is InChI=1S/C28H26ClN5O2/c1-16(35)23-10-19(17-5-6-17)14-34-15-22(32-27(23)34)13-31-21-7-8-30-26(11-21)33-28(36)25-12-24(25)18-3-2-4-20(29)9-18/h2-4,7-11,14-15,17,24-25H,5-6,12-13H2,1H3,(H2,30,31,33,36)/t24-,25+/m1/s1. The topological polar surface area (TPSA) is 88.4 Å². The van der Waals surface area contributed by atoms with E-state index in [1.165, 1.54) is 18.4 Å². The highest BCUT2D eigenvalue weighted by Crippen LogP contribution is 2.48. The molecular weight excluding hydrogens is 474 g/mol. The van der Waals surface area contributed by atoms with Crippen molar-refractivity contribution >= 4 is 40.4 Å². The Bertz CT molecular complexity index is 1490. The van der Waals surface area contributed by atoms with Crippen molar-refractivity contribution in [2.75, 3.05) is 10.6 Å². The fourth-order valence-electron chi connectivity index (χ4n) is 4.77. The fourth-order valence-corrected chi connectivity index (χ4v) is 4.96. The van der Waals surface area contributed by atoms with Crippen LogP contribution in [0.25, 0.3) is 5.65 Å². The zero-order valence-corrected chi connectivity index (χ0v) is 20.6. The van der Waals surface area contributed by atoms with Crippen molar-refractivity contribution in [3.63, 3.8) is 0 Å². The number of nitrogens with zero attached hydrogens (tertiary/aromatic N) is 3. The van der Waals surface area contributed by atoms with E-state index >= 15 is 0 Å². The molecule has 0 unspecified atom stereocenters. The van der Waals surface area contributed by atoms with Crippen molar-refractivity contribution < 1.29 is 9.59 Å². The molecule has 3 heterocycles. The van der Waals surface area contributed by atoms with Gasteiger partial charge in [-0.2, -0.15) is 0 Å². The minimum Gasteiger partial charge on any atom is -0.379 e. The summed E-state index contributed by atoms with van der Waals surface area (Å²) < 4.78 is 1.96. The molecule has 0 spiro atoms. The number of imidazole rings is 1. The minimum atomic E-state index is -0.0733. The third-order valence-electron chi connectivity index (χ3n) is 6.94. The number of Topliss-reactive ketones (excluding diaryl/α,β-unsaturated/α-hetero) is 1. The van der Waals surface area contributed by atoms with Gasteiger partial charge in [-0.15, -0.1) is 0 Å². The zero-order valence-electron chi connectivity index (χ0n) is 19.9. The van der Waals surface area contributed by atoms with Gasteiger partial charge >= 0.3 is 0 Å². The molecule has 3 aromatic heterocycles. The first kappa shape index (κ1) is 22.7. The predicted octanol–water partition coefficient (Wildman–Crippen LogP) is 5.82. The molecule has 6 rings (SSSR count). The first-order chi connectivity index (χ1) is 17.4. The summed E-state index contributed by atoms with van der Waals surface area (Å²) in [5.41, 5.74) is 5.30. The number of pyridine rings is 2. The second kappa shape index (κ2) is 9.06. The first-order valence-electron chi connectivity index (χ1n) is 12.2. The largest absolute Gasteiger partial charge is 0.379 e. The summed E-state index contributed by atoms with van der Waals surface area (Å²) >= 11 is 6.09. The quantitative estimate of drug-likeness (QED) is 0.298. The van der Waals surface area contributed by atoms with Crippen LogP contribution in [0.4, 0.5) is 11.5 Å². The van der Waals surface area contributed by atoms with Crippen molar-refractivity contribution in [2.24, 2.45) is 5.92 Å². The number of carbonyl (C=O) groups excluding carboxylic acids is 2. The Labute approximate surface area is 213 Å². The average Bonchev–Trinajstić information content (AvgIpc) is 3.78. The molecule has 2 fully saturated rings. The summed E-state index contributed by atoms with van der Waals surface area (Å²) in [7, 11) is 0. The van der Waals surface area contributed by atoms with Crippen molar-refractivity contribution in [3.05, 3.63) is 88.5 Å². The van der Waals surface area contributed by atoms with E-state index in [-0.39, 0.29) is 23.5 Å².